The van der Waals surface area contributed by atoms with Gasteiger partial charge in [0.2, 0.25) is 0 Å². The summed E-state index contributed by atoms with van der Waals surface area (Å²) >= 11 is 4.60. The van der Waals surface area contributed by atoms with E-state index in [0.717, 1.165) is 0 Å². The molecule has 1 aromatic rings. The van der Waals surface area contributed by atoms with Crippen molar-refractivity contribution in [1.29, 1.82) is 0 Å². The molecule has 0 aromatic heterocycles. The minimum Gasteiger partial charge on any atom is -0.424 e. The van der Waals surface area contributed by atoms with E-state index in [4.69, 9.17) is 0 Å². The Morgan fingerprint density at radius 1 is 0.955 bits per heavy atom. The molecule has 0 heterocycles. The molecule has 124 valence electrons. The number of rotatable bonds is 2. The lowest BCUT2D eigenvalue weighted by molar-refractivity contribution is -0.265. The zero-order valence-corrected chi connectivity index (χ0v) is 12.4. The standard InChI is InChI=1S/C13H11ClF6O2/c1-6-4-7(2)9(8(3)5-6)22-10(21)11(14,12(15,16)17)13(18,19)20/h4-5H,1-3H3. The van der Waals surface area contributed by atoms with Gasteiger partial charge in [-0.15, -0.1) is 0 Å². The SMILES string of the molecule is Cc1cc(C)c(OC(=O)C(Cl)(C(F)(F)F)C(F)(F)F)c(C)c1. The van der Waals surface area contributed by atoms with Gasteiger partial charge in [-0.05, 0) is 31.9 Å². The zero-order valence-electron chi connectivity index (χ0n) is 11.6. The molecule has 0 unspecified atom stereocenters. The van der Waals surface area contributed by atoms with Crippen molar-refractivity contribution in [2.45, 2.75) is 38.0 Å². The normalized spacial score (nSPS) is 13.2. The van der Waals surface area contributed by atoms with Crippen molar-refractivity contribution in [3.63, 3.8) is 0 Å². The minimum absolute atomic E-state index is 0.217. The van der Waals surface area contributed by atoms with E-state index in [1.165, 1.54) is 26.0 Å². The molecule has 0 saturated carbocycles. The van der Waals surface area contributed by atoms with Gasteiger partial charge in [-0.25, -0.2) is 4.79 Å². The van der Waals surface area contributed by atoms with Crippen molar-refractivity contribution < 1.29 is 35.9 Å². The highest BCUT2D eigenvalue weighted by molar-refractivity contribution is 6.35. The summed E-state index contributed by atoms with van der Waals surface area (Å²) in [5, 5.41) is 0. The predicted molar refractivity (Wildman–Crippen MR) is 67.0 cm³/mol. The van der Waals surface area contributed by atoms with Crippen LogP contribution in [0.25, 0.3) is 0 Å². The van der Waals surface area contributed by atoms with Crippen LogP contribution in [0.3, 0.4) is 0 Å². The maximum atomic E-state index is 12.7. The van der Waals surface area contributed by atoms with Crippen LogP contribution >= 0.6 is 11.6 Å². The first-order valence-electron chi connectivity index (χ1n) is 5.84. The monoisotopic (exact) mass is 348 g/mol. The molecule has 0 fully saturated rings. The lowest BCUT2D eigenvalue weighted by Gasteiger charge is -2.29. The molecule has 0 atom stereocenters. The van der Waals surface area contributed by atoms with Crippen molar-refractivity contribution in [3.05, 3.63) is 28.8 Å². The molecule has 0 aliphatic heterocycles. The van der Waals surface area contributed by atoms with Gasteiger partial charge < -0.3 is 4.74 Å². The van der Waals surface area contributed by atoms with Crippen LogP contribution in [0.4, 0.5) is 26.3 Å². The van der Waals surface area contributed by atoms with E-state index >= 15 is 0 Å². The molecule has 0 saturated heterocycles. The van der Waals surface area contributed by atoms with Crippen LogP contribution in [0.1, 0.15) is 16.7 Å². The summed E-state index contributed by atoms with van der Waals surface area (Å²) in [7, 11) is 0. The number of hydrogen-bond donors (Lipinski definition) is 0. The first-order valence-corrected chi connectivity index (χ1v) is 6.22. The van der Waals surface area contributed by atoms with Gasteiger partial charge in [-0.3, -0.25) is 0 Å². The second-order valence-corrected chi connectivity index (χ2v) is 5.34. The van der Waals surface area contributed by atoms with Crippen LogP contribution in [-0.4, -0.2) is 23.2 Å². The Bertz CT molecular complexity index is 554. The first-order chi connectivity index (χ1) is 9.71. The smallest absolute Gasteiger partial charge is 0.424 e. The molecule has 22 heavy (non-hydrogen) atoms. The van der Waals surface area contributed by atoms with Gasteiger partial charge in [0.05, 0.1) is 0 Å². The molecule has 0 radical (unpaired) electrons. The third-order valence-electron chi connectivity index (χ3n) is 2.86. The fraction of sp³-hybridized carbons (Fsp3) is 0.462. The average molecular weight is 349 g/mol. The maximum absolute atomic E-state index is 12.7. The highest BCUT2D eigenvalue weighted by Crippen LogP contribution is 2.49. The first kappa shape index (κ1) is 18.6. The van der Waals surface area contributed by atoms with Gasteiger partial charge >= 0.3 is 23.2 Å². The molecule has 0 spiro atoms. The van der Waals surface area contributed by atoms with Gasteiger partial charge in [0.15, 0.2) is 0 Å². The lowest BCUT2D eigenvalue weighted by atomic mass is 10.1. The van der Waals surface area contributed by atoms with Crippen molar-refractivity contribution in [2.75, 3.05) is 0 Å². The number of aryl methyl sites for hydroxylation is 3. The van der Waals surface area contributed by atoms with Crippen molar-refractivity contribution in [1.82, 2.24) is 0 Å². The second-order valence-electron chi connectivity index (χ2n) is 4.77. The molecule has 0 aliphatic rings. The summed E-state index contributed by atoms with van der Waals surface area (Å²) < 4.78 is 80.3. The average Bonchev–Trinajstić information content (AvgIpc) is 2.29. The Hall–Kier alpha value is -1.44. The number of carbonyl (C=O) groups is 1. The van der Waals surface area contributed by atoms with Gasteiger partial charge in [0.25, 0.3) is 0 Å². The van der Waals surface area contributed by atoms with E-state index in [-0.39, 0.29) is 16.9 Å². The Balaban J connectivity index is 3.31. The highest BCUT2D eigenvalue weighted by Gasteiger charge is 2.76. The fourth-order valence-corrected chi connectivity index (χ4v) is 1.92. The molecule has 0 aliphatic carbocycles. The van der Waals surface area contributed by atoms with Crippen LogP contribution < -0.4 is 4.74 Å². The number of esters is 1. The van der Waals surface area contributed by atoms with Crippen LogP contribution in [0.15, 0.2) is 12.1 Å². The zero-order chi connectivity index (χ0) is 17.5. The summed E-state index contributed by atoms with van der Waals surface area (Å²) in [6.07, 6.45) is -12.1. The fourth-order valence-electron chi connectivity index (χ4n) is 1.88. The largest absolute Gasteiger partial charge is 0.427 e. The number of carbonyl (C=O) groups excluding carboxylic acids is 1. The van der Waals surface area contributed by atoms with Crippen molar-refractivity contribution in [2.24, 2.45) is 0 Å². The van der Waals surface area contributed by atoms with E-state index in [1.54, 1.807) is 6.92 Å². The predicted octanol–water partition coefficient (Wildman–Crippen LogP) is 4.62. The molecule has 0 N–H and O–H groups in total. The molecule has 0 amide bonds. The lowest BCUT2D eigenvalue weighted by Crippen LogP contribution is -2.59. The summed E-state index contributed by atoms with van der Waals surface area (Å²) in [6.45, 7) is 4.45. The number of benzene rings is 1. The molecule has 9 heteroatoms. The molecular formula is C13H11ClF6O2. The third kappa shape index (κ3) is 3.16. The number of alkyl halides is 7. The molecule has 1 aromatic carbocycles. The van der Waals surface area contributed by atoms with Crippen molar-refractivity contribution in [3.8, 4) is 5.75 Å². The van der Waals surface area contributed by atoms with Crippen molar-refractivity contribution >= 4 is 17.6 Å². The number of halogens is 7. The van der Waals surface area contributed by atoms with Gasteiger partial charge in [0.1, 0.15) is 5.75 Å². The molecule has 2 nitrogen and oxygen atoms in total. The topological polar surface area (TPSA) is 26.3 Å². The minimum atomic E-state index is -6.06. The Labute approximate surface area is 127 Å². The summed E-state index contributed by atoms with van der Waals surface area (Å²) in [5.41, 5.74) is 1.14. The Kier molecular flexibility index (Phi) is 4.77. The van der Waals surface area contributed by atoms with Crippen LogP contribution in [0.5, 0.6) is 5.75 Å². The number of hydrogen-bond acceptors (Lipinski definition) is 2. The van der Waals surface area contributed by atoms with E-state index in [0.29, 0.717) is 5.56 Å². The van der Waals surface area contributed by atoms with Gasteiger partial charge in [-0.2, -0.15) is 26.3 Å². The van der Waals surface area contributed by atoms with Gasteiger partial charge in [0, 0.05) is 0 Å². The summed E-state index contributed by atoms with van der Waals surface area (Å²) in [6, 6.07) is 2.90. The van der Waals surface area contributed by atoms with Crippen LogP contribution in [0, 0.1) is 20.8 Å². The summed E-state index contributed by atoms with van der Waals surface area (Å²) in [5.74, 6) is -3.02. The molecule has 0 bridgehead atoms. The third-order valence-corrected chi connectivity index (χ3v) is 3.44. The van der Waals surface area contributed by atoms with Crippen LogP contribution in [-0.2, 0) is 4.79 Å². The van der Waals surface area contributed by atoms with E-state index in [1.807, 2.05) is 0 Å². The number of ether oxygens (including phenoxy) is 1. The second kappa shape index (κ2) is 5.64. The highest BCUT2D eigenvalue weighted by atomic mass is 35.5. The van der Waals surface area contributed by atoms with Gasteiger partial charge in [-0.1, -0.05) is 29.3 Å². The Morgan fingerprint density at radius 3 is 1.64 bits per heavy atom. The quantitative estimate of drug-likeness (QED) is 0.337. The molecule has 1 rings (SSSR count). The maximum Gasteiger partial charge on any atom is 0.427 e. The van der Waals surface area contributed by atoms with Crippen LogP contribution in [0.2, 0.25) is 0 Å². The van der Waals surface area contributed by atoms with E-state index < -0.39 is 23.2 Å². The Morgan fingerprint density at radius 2 is 1.32 bits per heavy atom. The summed E-state index contributed by atoms with van der Waals surface area (Å²) in [4.78, 5) is 6.40. The van der Waals surface area contributed by atoms with E-state index in [2.05, 4.69) is 16.3 Å². The van der Waals surface area contributed by atoms with E-state index in [9.17, 15) is 31.1 Å². The molecular weight excluding hydrogens is 338 g/mol.